The lowest BCUT2D eigenvalue weighted by molar-refractivity contribution is 0.1000. The van der Waals surface area contributed by atoms with E-state index < -0.39 is 5.91 Å². The van der Waals surface area contributed by atoms with E-state index in [0.717, 1.165) is 25.9 Å². The van der Waals surface area contributed by atoms with E-state index in [1.807, 2.05) is 11.9 Å². The van der Waals surface area contributed by atoms with Crippen molar-refractivity contribution in [1.82, 2.24) is 14.9 Å². The molecule has 1 aliphatic rings. The Balaban J connectivity index is 2.25. The van der Waals surface area contributed by atoms with Gasteiger partial charge in [-0.1, -0.05) is 0 Å². The lowest BCUT2D eigenvalue weighted by Gasteiger charge is -2.36. The molecule has 0 unspecified atom stereocenters. The molecular weight excluding hydrogens is 244 g/mol. The van der Waals surface area contributed by atoms with Crippen molar-refractivity contribution >= 4 is 17.7 Å². The molecule has 7 heteroatoms. The van der Waals surface area contributed by atoms with E-state index in [1.165, 1.54) is 6.20 Å². The molecule has 19 heavy (non-hydrogen) atoms. The van der Waals surface area contributed by atoms with Crippen LogP contribution in [0.5, 0.6) is 0 Å². The van der Waals surface area contributed by atoms with Gasteiger partial charge in [-0.3, -0.25) is 4.79 Å². The third kappa shape index (κ3) is 2.93. The van der Waals surface area contributed by atoms with Crippen molar-refractivity contribution < 1.29 is 4.79 Å². The third-order valence-corrected chi connectivity index (χ3v) is 3.62. The Kier molecular flexibility index (Phi) is 3.84. The van der Waals surface area contributed by atoms with Crippen molar-refractivity contribution in [1.29, 1.82) is 0 Å². The Morgan fingerprint density at radius 2 is 2.11 bits per heavy atom. The minimum atomic E-state index is -0.533. The topological polar surface area (TPSA) is 101 Å². The minimum Gasteiger partial charge on any atom is -0.368 e. The van der Waals surface area contributed by atoms with E-state index >= 15 is 0 Å². The van der Waals surface area contributed by atoms with E-state index in [0.29, 0.717) is 17.4 Å². The number of nitrogens with two attached hydrogens (primary N) is 2. The Hall–Kier alpha value is -1.89. The fourth-order valence-corrected chi connectivity index (χ4v) is 2.38. The summed E-state index contributed by atoms with van der Waals surface area (Å²) in [5, 5.41) is 0. The summed E-state index contributed by atoms with van der Waals surface area (Å²) < 4.78 is 0. The van der Waals surface area contributed by atoms with Crippen molar-refractivity contribution in [3.8, 4) is 0 Å². The zero-order valence-electron chi connectivity index (χ0n) is 11.3. The Morgan fingerprint density at radius 1 is 1.47 bits per heavy atom. The van der Waals surface area contributed by atoms with Gasteiger partial charge in [-0.25, -0.2) is 4.98 Å². The highest BCUT2D eigenvalue weighted by Gasteiger charge is 2.24. The molecule has 1 aromatic heterocycles. The van der Waals surface area contributed by atoms with Crippen LogP contribution in [0, 0.1) is 0 Å². The van der Waals surface area contributed by atoms with Crippen LogP contribution in [0.15, 0.2) is 6.20 Å². The molecule has 4 N–H and O–H groups in total. The molecule has 7 nitrogen and oxygen atoms in total. The van der Waals surface area contributed by atoms with E-state index in [4.69, 9.17) is 11.5 Å². The van der Waals surface area contributed by atoms with Crippen LogP contribution in [-0.2, 0) is 0 Å². The summed E-state index contributed by atoms with van der Waals surface area (Å²) in [6.45, 7) is 2.06. The summed E-state index contributed by atoms with van der Waals surface area (Å²) in [4.78, 5) is 23.7. The first kappa shape index (κ1) is 13.5. The van der Waals surface area contributed by atoms with Gasteiger partial charge in [0.2, 0.25) is 5.95 Å². The van der Waals surface area contributed by atoms with Gasteiger partial charge in [0.15, 0.2) is 0 Å². The van der Waals surface area contributed by atoms with Gasteiger partial charge in [-0.2, -0.15) is 4.98 Å². The first-order valence-corrected chi connectivity index (χ1v) is 6.32. The fraction of sp³-hybridized carbons (Fsp3) is 0.583. The maximum atomic E-state index is 11.4. The molecule has 0 spiro atoms. The molecule has 1 aromatic rings. The molecule has 0 aromatic carbocycles. The summed E-state index contributed by atoms with van der Waals surface area (Å²) in [7, 11) is 4.03. The molecule has 1 fully saturated rings. The first-order valence-electron chi connectivity index (χ1n) is 6.32. The normalized spacial score (nSPS) is 17.4. The van der Waals surface area contributed by atoms with E-state index in [-0.39, 0.29) is 5.95 Å². The van der Waals surface area contributed by atoms with Crippen LogP contribution >= 0.6 is 0 Å². The number of carbonyl (C=O) groups is 1. The number of amides is 1. The zero-order valence-corrected chi connectivity index (χ0v) is 11.3. The van der Waals surface area contributed by atoms with Gasteiger partial charge in [-0.15, -0.1) is 0 Å². The molecule has 0 saturated carbocycles. The molecule has 0 aliphatic carbocycles. The van der Waals surface area contributed by atoms with Gasteiger partial charge < -0.3 is 21.3 Å². The van der Waals surface area contributed by atoms with Gasteiger partial charge in [0.05, 0.1) is 0 Å². The van der Waals surface area contributed by atoms with Gasteiger partial charge in [0, 0.05) is 19.3 Å². The molecule has 1 aliphatic heterocycles. The largest absolute Gasteiger partial charge is 0.368 e. The number of rotatable bonds is 3. The molecular formula is C12H20N6O. The lowest BCUT2D eigenvalue weighted by atomic mass is 10.0. The molecule has 0 radical (unpaired) electrons. The average Bonchev–Trinajstić information content (AvgIpc) is 2.38. The van der Waals surface area contributed by atoms with Crippen LogP contribution in [-0.4, -0.2) is 54.0 Å². The number of aromatic nitrogens is 2. The number of primary amides is 1. The Bertz CT molecular complexity index is 469. The van der Waals surface area contributed by atoms with Crippen molar-refractivity contribution in [2.75, 3.05) is 37.8 Å². The molecule has 0 bridgehead atoms. The Labute approximate surface area is 112 Å². The molecule has 1 saturated heterocycles. The van der Waals surface area contributed by atoms with E-state index in [2.05, 4.69) is 21.9 Å². The number of nitrogens with zero attached hydrogens (tertiary/aromatic N) is 4. The summed E-state index contributed by atoms with van der Waals surface area (Å²) in [5.74, 6) is 0.143. The highest BCUT2D eigenvalue weighted by molar-refractivity contribution is 5.97. The molecule has 0 atom stereocenters. The highest BCUT2D eigenvalue weighted by Crippen LogP contribution is 2.23. The second-order valence-corrected chi connectivity index (χ2v) is 4.98. The van der Waals surface area contributed by atoms with Crippen LogP contribution in [0.25, 0.3) is 0 Å². The van der Waals surface area contributed by atoms with Crippen molar-refractivity contribution in [2.24, 2.45) is 5.73 Å². The number of hydrogen-bond acceptors (Lipinski definition) is 6. The maximum absolute atomic E-state index is 11.4. The van der Waals surface area contributed by atoms with Gasteiger partial charge in [0.1, 0.15) is 11.4 Å². The average molecular weight is 264 g/mol. The minimum absolute atomic E-state index is 0.153. The standard InChI is InChI=1S/C12H20N6O/c1-17-5-3-8(4-6-17)18(2)11-9(10(13)19)7-15-12(14)16-11/h7-8H,3-6H2,1-2H3,(H2,13,19)(H2,14,15,16). The van der Waals surface area contributed by atoms with Crippen LogP contribution in [0.3, 0.4) is 0 Å². The maximum Gasteiger partial charge on any atom is 0.254 e. The van der Waals surface area contributed by atoms with Crippen LogP contribution in [0.4, 0.5) is 11.8 Å². The van der Waals surface area contributed by atoms with Crippen LogP contribution in [0.2, 0.25) is 0 Å². The third-order valence-electron chi connectivity index (χ3n) is 3.62. The number of anilines is 2. The number of carbonyl (C=O) groups excluding carboxylic acids is 1. The molecule has 2 heterocycles. The van der Waals surface area contributed by atoms with Crippen LogP contribution in [0.1, 0.15) is 23.2 Å². The van der Waals surface area contributed by atoms with E-state index in [1.54, 1.807) is 0 Å². The summed E-state index contributed by atoms with van der Waals surface area (Å²) >= 11 is 0. The smallest absolute Gasteiger partial charge is 0.254 e. The predicted octanol–water partition coefficient (Wildman–Crippen LogP) is -0.312. The van der Waals surface area contributed by atoms with Gasteiger partial charge in [0.25, 0.3) is 5.91 Å². The highest BCUT2D eigenvalue weighted by atomic mass is 16.1. The molecule has 2 rings (SSSR count). The number of nitrogen functional groups attached to an aromatic ring is 1. The van der Waals surface area contributed by atoms with Gasteiger partial charge >= 0.3 is 0 Å². The SMILES string of the molecule is CN1CCC(N(C)c2nc(N)ncc2C(N)=O)CC1. The summed E-state index contributed by atoms with van der Waals surface area (Å²) in [6.07, 6.45) is 3.44. The van der Waals surface area contributed by atoms with Gasteiger partial charge in [-0.05, 0) is 33.0 Å². The van der Waals surface area contributed by atoms with Crippen molar-refractivity contribution in [2.45, 2.75) is 18.9 Å². The van der Waals surface area contributed by atoms with E-state index in [9.17, 15) is 4.79 Å². The number of hydrogen-bond donors (Lipinski definition) is 2. The zero-order chi connectivity index (χ0) is 14.0. The lowest BCUT2D eigenvalue weighted by Crippen LogP contribution is -2.43. The first-order chi connectivity index (χ1) is 8.99. The Morgan fingerprint density at radius 3 is 2.68 bits per heavy atom. The quantitative estimate of drug-likeness (QED) is 0.776. The fourth-order valence-electron chi connectivity index (χ4n) is 2.38. The molecule has 1 amide bonds. The monoisotopic (exact) mass is 264 g/mol. The predicted molar refractivity (Wildman–Crippen MR) is 73.9 cm³/mol. The number of likely N-dealkylation sites (tertiary alicyclic amines) is 1. The van der Waals surface area contributed by atoms with Crippen LogP contribution < -0.4 is 16.4 Å². The molecule has 104 valence electrons. The second kappa shape index (κ2) is 5.40. The second-order valence-electron chi connectivity index (χ2n) is 4.98. The summed E-state index contributed by atoms with van der Waals surface area (Å²) in [6, 6.07) is 0.337. The number of piperidine rings is 1. The summed E-state index contributed by atoms with van der Waals surface area (Å²) in [5.41, 5.74) is 11.3. The van der Waals surface area contributed by atoms with Crippen molar-refractivity contribution in [3.63, 3.8) is 0 Å². The van der Waals surface area contributed by atoms with Crippen molar-refractivity contribution in [3.05, 3.63) is 11.8 Å².